The van der Waals surface area contributed by atoms with Gasteiger partial charge in [-0.3, -0.25) is 4.79 Å². The van der Waals surface area contributed by atoms with Gasteiger partial charge in [0.25, 0.3) is 5.91 Å². The van der Waals surface area contributed by atoms with Crippen LogP contribution in [0.4, 0.5) is 4.79 Å². The van der Waals surface area contributed by atoms with E-state index in [-0.39, 0.29) is 22.8 Å². The van der Waals surface area contributed by atoms with E-state index >= 15 is 0 Å². The SMILES string of the molecule is CN1CC2(CCCNCC3(CC3)COc3ccccc3C1=O)CCN(C(=O)OC(C)(C)C)CC2. The summed E-state index contributed by atoms with van der Waals surface area (Å²) in [4.78, 5) is 29.8. The summed E-state index contributed by atoms with van der Waals surface area (Å²) in [6.07, 6.45) is 5.92. The Kier molecular flexibility index (Phi) is 7.13. The molecule has 2 aliphatic heterocycles. The van der Waals surface area contributed by atoms with Crippen LogP contribution in [0.15, 0.2) is 24.3 Å². The minimum absolute atomic E-state index is 0.00424. The van der Waals surface area contributed by atoms with Crippen molar-refractivity contribution < 1.29 is 19.1 Å². The fourth-order valence-electron chi connectivity index (χ4n) is 5.25. The van der Waals surface area contributed by atoms with Gasteiger partial charge in [-0.2, -0.15) is 0 Å². The average molecular weight is 472 g/mol. The minimum Gasteiger partial charge on any atom is -0.492 e. The summed E-state index contributed by atoms with van der Waals surface area (Å²) in [6, 6.07) is 7.61. The van der Waals surface area contributed by atoms with Crippen LogP contribution in [0.5, 0.6) is 5.75 Å². The quantitative estimate of drug-likeness (QED) is 0.610. The molecule has 2 amide bonds. The van der Waals surface area contributed by atoms with Gasteiger partial charge in [0.1, 0.15) is 11.4 Å². The lowest BCUT2D eigenvalue weighted by Gasteiger charge is -2.44. The van der Waals surface area contributed by atoms with Gasteiger partial charge in [-0.1, -0.05) is 12.1 Å². The Morgan fingerprint density at radius 3 is 2.44 bits per heavy atom. The molecule has 1 aromatic carbocycles. The van der Waals surface area contributed by atoms with Gasteiger partial charge in [0.15, 0.2) is 0 Å². The number of rotatable bonds is 0. The first-order valence-electron chi connectivity index (χ1n) is 12.8. The number of hydrogen-bond donors (Lipinski definition) is 1. The second-order valence-electron chi connectivity index (χ2n) is 11.7. The van der Waals surface area contributed by atoms with Crippen molar-refractivity contribution in [2.45, 2.75) is 64.9 Å². The van der Waals surface area contributed by atoms with Crippen LogP contribution in [0.2, 0.25) is 0 Å². The van der Waals surface area contributed by atoms with Crippen LogP contribution < -0.4 is 10.1 Å². The molecule has 34 heavy (non-hydrogen) atoms. The Balaban J connectivity index is 1.50. The molecular weight excluding hydrogens is 430 g/mol. The largest absolute Gasteiger partial charge is 0.492 e. The van der Waals surface area contributed by atoms with Gasteiger partial charge in [-0.25, -0.2) is 4.79 Å². The number of para-hydroxylation sites is 1. The maximum atomic E-state index is 13.5. The molecule has 0 atom stereocenters. The second-order valence-corrected chi connectivity index (χ2v) is 11.7. The number of amides is 2. The van der Waals surface area contributed by atoms with Crippen molar-refractivity contribution in [2.24, 2.45) is 10.8 Å². The van der Waals surface area contributed by atoms with Gasteiger partial charge in [0.05, 0.1) is 12.2 Å². The van der Waals surface area contributed by atoms with Crippen LogP contribution in [0.1, 0.15) is 69.7 Å². The van der Waals surface area contributed by atoms with E-state index in [1.165, 1.54) is 12.8 Å². The highest BCUT2D eigenvalue weighted by atomic mass is 16.6. The summed E-state index contributed by atoms with van der Waals surface area (Å²) in [5, 5.41) is 3.67. The van der Waals surface area contributed by atoms with Gasteiger partial charge in [-0.15, -0.1) is 0 Å². The van der Waals surface area contributed by atoms with Gasteiger partial charge in [0, 0.05) is 38.6 Å². The van der Waals surface area contributed by atoms with Crippen molar-refractivity contribution >= 4 is 12.0 Å². The summed E-state index contributed by atoms with van der Waals surface area (Å²) < 4.78 is 11.8. The number of ether oxygens (including phenoxy) is 2. The standard InChI is InChI=1S/C27H41N3O4/c1-25(2,3)34-24(32)30-16-13-26(14-17-30)10-7-15-28-18-27(11-12-27)20-33-22-9-6-5-8-21(22)23(31)29(4)19-26/h5-6,8-9,28H,7,10-20H2,1-4H3. The minimum atomic E-state index is -0.497. The molecule has 4 rings (SSSR count). The fraction of sp³-hybridized carbons (Fsp3) is 0.704. The number of nitrogens with one attached hydrogen (secondary N) is 1. The van der Waals surface area contributed by atoms with Gasteiger partial charge in [0.2, 0.25) is 0 Å². The highest BCUT2D eigenvalue weighted by Gasteiger charge is 2.44. The molecule has 2 heterocycles. The molecule has 188 valence electrons. The number of piperidine rings is 1. The van der Waals surface area contributed by atoms with Crippen molar-refractivity contribution in [3.8, 4) is 5.75 Å². The highest BCUT2D eigenvalue weighted by Crippen LogP contribution is 2.46. The van der Waals surface area contributed by atoms with E-state index in [1.54, 1.807) is 0 Å². The average Bonchev–Trinajstić information content (AvgIpc) is 3.56. The number of nitrogens with zero attached hydrogens (tertiary/aromatic N) is 2. The topological polar surface area (TPSA) is 71.1 Å². The van der Waals surface area contributed by atoms with E-state index in [0.717, 1.165) is 38.8 Å². The number of fused-ring (bicyclic) bond motifs is 1. The van der Waals surface area contributed by atoms with Crippen LogP contribution >= 0.6 is 0 Å². The first kappa shape index (κ1) is 24.8. The Bertz CT molecular complexity index is 882. The maximum Gasteiger partial charge on any atom is 0.410 e. The maximum absolute atomic E-state index is 13.5. The fourth-order valence-corrected chi connectivity index (χ4v) is 5.25. The van der Waals surface area contributed by atoms with Gasteiger partial charge < -0.3 is 24.6 Å². The Morgan fingerprint density at radius 1 is 1.06 bits per heavy atom. The third-order valence-corrected chi connectivity index (χ3v) is 7.56. The lowest BCUT2D eigenvalue weighted by atomic mass is 9.74. The normalized spacial score (nSPS) is 23.1. The summed E-state index contributed by atoms with van der Waals surface area (Å²) in [5.74, 6) is 0.682. The molecule has 2 spiro atoms. The summed E-state index contributed by atoms with van der Waals surface area (Å²) >= 11 is 0. The van der Waals surface area contributed by atoms with Gasteiger partial charge >= 0.3 is 6.09 Å². The van der Waals surface area contributed by atoms with Crippen molar-refractivity contribution in [1.82, 2.24) is 15.1 Å². The Labute approximate surface area is 204 Å². The molecule has 1 saturated carbocycles. The van der Waals surface area contributed by atoms with E-state index in [2.05, 4.69) is 5.32 Å². The molecule has 0 bridgehead atoms. The van der Waals surface area contributed by atoms with Crippen LogP contribution in [0.3, 0.4) is 0 Å². The summed E-state index contributed by atoms with van der Waals surface area (Å²) in [5.41, 5.74) is 0.320. The molecule has 1 saturated heterocycles. The third kappa shape index (κ3) is 6.04. The third-order valence-electron chi connectivity index (χ3n) is 7.56. The second kappa shape index (κ2) is 9.76. The van der Waals surface area contributed by atoms with Gasteiger partial charge in [-0.05, 0) is 83.4 Å². The first-order chi connectivity index (χ1) is 16.1. The lowest BCUT2D eigenvalue weighted by Crippen LogP contribution is -2.49. The summed E-state index contributed by atoms with van der Waals surface area (Å²) in [7, 11) is 1.90. The number of hydrogen-bond acceptors (Lipinski definition) is 5. The molecule has 1 aromatic rings. The van der Waals surface area contributed by atoms with Crippen molar-refractivity contribution in [3.63, 3.8) is 0 Å². The predicted octanol–water partition coefficient (Wildman–Crippen LogP) is 4.32. The molecule has 1 aliphatic carbocycles. The van der Waals surface area contributed by atoms with E-state index < -0.39 is 5.60 Å². The lowest BCUT2D eigenvalue weighted by molar-refractivity contribution is 0.00371. The van der Waals surface area contributed by atoms with Crippen molar-refractivity contribution in [2.75, 3.05) is 46.4 Å². The number of carbonyl (C=O) groups is 2. The molecule has 0 unspecified atom stereocenters. The zero-order chi connectivity index (χ0) is 24.4. The molecule has 7 heteroatoms. The summed E-state index contributed by atoms with van der Waals surface area (Å²) in [6.45, 7) is 10.3. The molecule has 1 N–H and O–H groups in total. The number of benzene rings is 1. The smallest absolute Gasteiger partial charge is 0.410 e. The van der Waals surface area contributed by atoms with E-state index in [1.807, 2.05) is 61.9 Å². The zero-order valence-corrected chi connectivity index (χ0v) is 21.3. The molecule has 7 nitrogen and oxygen atoms in total. The molecule has 0 radical (unpaired) electrons. The Hall–Kier alpha value is -2.28. The first-order valence-corrected chi connectivity index (χ1v) is 12.8. The van der Waals surface area contributed by atoms with Crippen molar-refractivity contribution in [3.05, 3.63) is 29.8 Å². The molecule has 3 aliphatic rings. The van der Waals surface area contributed by atoms with Crippen LogP contribution in [-0.2, 0) is 4.74 Å². The molecule has 0 aromatic heterocycles. The monoisotopic (exact) mass is 471 g/mol. The predicted molar refractivity (Wildman–Crippen MR) is 132 cm³/mol. The van der Waals surface area contributed by atoms with Crippen molar-refractivity contribution in [1.29, 1.82) is 0 Å². The highest BCUT2D eigenvalue weighted by molar-refractivity contribution is 5.96. The number of likely N-dealkylation sites (tertiary alicyclic amines) is 1. The zero-order valence-electron chi connectivity index (χ0n) is 21.3. The van der Waals surface area contributed by atoms with E-state index in [0.29, 0.717) is 37.6 Å². The molecule has 2 fully saturated rings. The molecular formula is C27H41N3O4. The number of carbonyl (C=O) groups excluding carboxylic acids is 2. The van der Waals surface area contributed by atoms with Crippen LogP contribution in [-0.4, -0.2) is 73.8 Å². The van der Waals surface area contributed by atoms with Crippen LogP contribution in [0, 0.1) is 10.8 Å². The van der Waals surface area contributed by atoms with E-state index in [4.69, 9.17) is 9.47 Å². The van der Waals surface area contributed by atoms with E-state index in [9.17, 15) is 9.59 Å². The Morgan fingerprint density at radius 2 is 1.76 bits per heavy atom. The van der Waals surface area contributed by atoms with Crippen LogP contribution in [0.25, 0.3) is 0 Å².